The molecule has 1 aromatic heterocycles. The summed E-state index contributed by atoms with van der Waals surface area (Å²) in [6.45, 7) is 1.73. The van der Waals surface area contributed by atoms with Gasteiger partial charge in [-0.1, -0.05) is 23.9 Å². The van der Waals surface area contributed by atoms with E-state index in [2.05, 4.69) is 15.5 Å². The predicted octanol–water partition coefficient (Wildman–Crippen LogP) is 5.13. The Morgan fingerprint density at radius 2 is 1.37 bits per heavy atom. The number of nitrogens with zero attached hydrogens (tertiary/aromatic N) is 3. The van der Waals surface area contributed by atoms with Crippen LogP contribution in [-0.2, 0) is 9.53 Å². The summed E-state index contributed by atoms with van der Waals surface area (Å²) in [7, 11) is 4.51. The molecule has 4 rings (SSSR count). The minimum atomic E-state index is -0.585. The van der Waals surface area contributed by atoms with E-state index in [0.29, 0.717) is 28.0 Å². The summed E-state index contributed by atoms with van der Waals surface area (Å²) < 4.78 is 15.4. The smallest absolute Gasteiger partial charge is 0.339 e. The van der Waals surface area contributed by atoms with Gasteiger partial charge in [-0.2, -0.15) is 0 Å². The summed E-state index contributed by atoms with van der Waals surface area (Å²) in [5, 5.41) is 11.3. The number of benzene rings is 3. The lowest BCUT2D eigenvalue weighted by Gasteiger charge is -2.14. The molecule has 0 saturated heterocycles. The lowest BCUT2D eigenvalue weighted by atomic mass is 10.0. The first-order valence-corrected chi connectivity index (χ1v) is 12.5. The second-order valence-corrected chi connectivity index (χ2v) is 9.34. The Labute approximate surface area is 224 Å². The van der Waals surface area contributed by atoms with Gasteiger partial charge in [-0.15, -0.1) is 10.2 Å². The minimum absolute atomic E-state index is 0.268. The van der Waals surface area contributed by atoms with E-state index in [4.69, 9.17) is 19.2 Å². The van der Waals surface area contributed by atoms with E-state index in [9.17, 15) is 9.59 Å². The van der Waals surface area contributed by atoms with E-state index in [-0.39, 0.29) is 11.5 Å². The highest BCUT2D eigenvalue weighted by molar-refractivity contribution is 8.00. The SMILES string of the molecule is COC(=O)c1ccccc1NC(=O)C(C)Sc1nnc(-c2ccc(OC)cc2)c(-c2ccc(OC)cc2)n1. The van der Waals surface area contributed by atoms with Gasteiger partial charge in [-0.25, -0.2) is 9.78 Å². The van der Waals surface area contributed by atoms with Crippen LogP contribution in [0.25, 0.3) is 22.5 Å². The van der Waals surface area contributed by atoms with Gasteiger partial charge in [0.25, 0.3) is 0 Å². The van der Waals surface area contributed by atoms with Crippen LogP contribution in [0.5, 0.6) is 11.5 Å². The van der Waals surface area contributed by atoms with E-state index in [1.165, 1.54) is 7.11 Å². The summed E-state index contributed by atoms with van der Waals surface area (Å²) in [4.78, 5) is 29.8. The number of thioether (sulfide) groups is 1. The van der Waals surface area contributed by atoms with Gasteiger partial charge in [0.2, 0.25) is 11.1 Å². The number of hydrogen-bond donors (Lipinski definition) is 1. The summed E-state index contributed by atoms with van der Waals surface area (Å²) in [6, 6.07) is 21.6. The van der Waals surface area contributed by atoms with E-state index >= 15 is 0 Å². The highest BCUT2D eigenvalue weighted by Gasteiger charge is 2.21. The number of hydrogen-bond acceptors (Lipinski definition) is 9. The van der Waals surface area contributed by atoms with Gasteiger partial charge >= 0.3 is 5.97 Å². The van der Waals surface area contributed by atoms with Gasteiger partial charge < -0.3 is 19.5 Å². The Hall–Kier alpha value is -4.44. The molecule has 0 bridgehead atoms. The molecule has 1 N–H and O–H groups in total. The summed E-state index contributed by atoms with van der Waals surface area (Å²) >= 11 is 1.16. The molecule has 0 aliphatic carbocycles. The number of amides is 1. The van der Waals surface area contributed by atoms with Gasteiger partial charge in [0.05, 0.1) is 37.8 Å². The van der Waals surface area contributed by atoms with E-state index in [1.807, 2.05) is 48.5 Å². The normalized spacial score (nSPS) is 11.4. The van der Waals surface area contributed by atoms with Crippen LogP contribution in [0.4, 0.5) is 5.69 Å². The molecule has 1 atom stereocenters. The largest absolute Gasteiger partial charge is 0.497 e. The molecule has 1 amide bonds. The van der Waals surface area contributed by atoms with E-state index < -0.39 is 11.2 Å². The number of carbonyl (C=O) groups excluding carboxylic acids is 2. The molecule has 9 nitrogen and oxygen atoms in total. The number of nitrogens with one attached hydrogen (secondary N) is 1. The maximum atomic E-state index is 13.0. The van der Waals surface area contributed by atoms with Gasteiger partial charge in [-0.3, -0.25) is 4.79 Å². The third kappa shape index (κ3) is 6.09. The number of aromatic nitrogens is 3. The Morgan fingerprint density at radius 3 is 1.95 bits per heavy atom. The number of carbonyl (C=O) groups is 2. The van der Waals surface area contributed by atoms with Crippen molar-refractivity contribution in [3.63, 3.8) is 0 Å². The average Bonchev–Trinajstić information content (AvgIpc) is 2.97. The third-order valence-corrected chi connectivity index (χ3v) is 6.59. The van der Waals surface area contributed by atoms with Crippen molar-refractivity contribution in [3.8, 4) is 34.0 Å². The topological polar surface area (TPSA) is 113 Å². The molecule has 0 spiro atoms. The van der Waals surface area contributed by atoms with Crippen molar-refractivity contribution >= 4 is 29.3 Å². The number of esters is 1. The zero-order valence-electron chi connectivity index (χ0n) is 21.3. The minimum Gasteiger partial charge on any atom is -0.497 e. The Kier molecular flexibility index (Phi) is 8.55. The fourth-order valence-corrected chi connectivity index (χ4v) is 4.29. The van der Waals surface area contributed by atoms with Crippen molar-refractivity contribution in [2.75, 3.05) is 26.6 Å². The monoisotopic (exact) mass is 530 g/mol. The first-order valence-electron chi connectivity index (χ1n) is 11.6. The summed E-state index contributed by atoms with van der Waals surface area (Å²) in [5.74, 6) is 0.586. The van der Waals surface area contributed by atoms with E-state index in [0.717, 1.165) is 28.6 Å². The fraction of sp³-hybridized carbons (Fsp3) is 0.179. The Bertz CT molecular complexity index is 1430. The molecule has 0 fully saturated rings. The molecule has 1 heterocycles. The zero-order chi connectivity index (χ0) is 27.1. The van der Waals surface area contributed by atoms with Gasteiger partial charge in [-0.05, 0) is 67.6 Å². The number of ether oxygens (including phenoxy) is 3. The average molecular weight is 531 g/mol. The molecular formula is C28H26N4O5S. The van der Waals surface area contributed by atoms with Crippen LogP contribution >= 0.6 is 11.8 Å². The zero-order valence-corrected chi connectivity index (χ0v) is 22.1. The highest BCUT2D eigenvalue weighted by atomic mass is 32.2. The van der Waals surface area contributed by atoms with Crippen LogP contribution < -0.4 is 14.8 Å². The van der Waals surface area contributed by atoms with Gasteiger partial charge in [0.1, 0.15) is 22.9 Å². The molecule has 1 unspecified atom stereocenters. The molecule has 4 aromatic rings. The predicted molar refractivity (Wildman–Crippen MR) is 146 cm³/mol. The van der Waals surface area contributed by atoms with Crippen molar-refractivity contribution in [2.24, 2.45) is 0 Å². The lowest BCUT2D eigenvalue weighted by Crippen LogP contribution is -2.24. The lowest BCUT2D eigenvalue weighted by molar-refractivity contribution is -0.115. The fourth-order valence-electron chi connectivity index (χ4n) is 3.58. The standard InChI is InChI=1S/C28H26N4O5S/c1-17(26(33)29-23-8-6-5-7-22(23)27(34)37-4)38-28-30-24(18-9-13-20(35-2)14-10-18)25(31-32-28)19-11-15-21(36-3)16-12-19/h5-17H,1-4H3,(H,29,33). The number of methoxy groups -OCH3 is 3. The van der Waals surface area contributed by atoms with Crippen molar-refractivity contribution in [1.82, 2.24) is 15.2 Å². The Morgan fingerprint density at radius 1 is 0.789 bits per heavy atom. The van der Waals surface area contributed by atoms with Crippen LogP contribution in [0, 0.1) is 0 Å². The van der Waals surface area contributed by atoms with Crippen molar-refractivity contribution in [3.05, 3.63) is 78.4 Å². The number of para-hydroxylation sites is 1. The molecule has 194 valence electrons. The second-order valence-electron chi connectivity index (χ2n) is 8.04. The van der Waals surface area contributed by atoms with Crippen LogP contribution in [0.2, 0.25) is 0 Å². The molecular weight excluding hydrogens is 504 g/mol. The Balaban J connectivity index is 1.62. The third-order valence-electron chi connectivity index (χ3n) is 5.64. The van der Waals surface area contributed by atoms with Crippen molar-refractivity contribution < 1.29 is 23.8 Å². The van der Waals surface area contributed by atoms with Crippen LogP contribution in [0.3, 0.4) is 0 Å². The summed E-state index contributed by atoms with van der Waals surface area (Å²) in [5.41, 5.74) is 3.47. The maximum Gasteiger partial charge on any atom is 0.339 e. The van der Waals surface area contributed by atoms with Gasteiger partial charge in [0, 0.05) is 11.1 Å². The van der Waals surface area contributed by atoms with Crippen molar-refractivity contribution in [1.29, 1.82) is 0 Å². The van der Waals surface area contributed by atoms with Crippen LogP contribution in [0.1, 0.15) is 17.3 Å². The quantitative estimate of drug-likeness (QED) is 0.232. The highest BCUT2D eigenvalue weighted by Crippen LogP contribution is 2.32. The molecule has 38 heavy (non-hydrogen) atoms. The number of rotatable bonds is 9. The summed E-state index contributed by atoms with van der Waals surface area (Å²) in [6.07, 6.45) is 0. The second kappa shape index (κ2) is 12.2. The molecule has 0 aliphatic heterocycles. The van der Waals surface area contributed by atoms with Crippen molar-refractivity contribution in [2.45, 2.75) is 17.3 Å². The van der Waals surface area contributed by atoms with Crippen LogP contribution in [-0.4, -0.2) is 53.6 Å². The molecule has 0 saturated carbocycles. The molecule has 0 aliphatic rings. The first-order chi connectivity index (χ1) is 18.4. The molecule has 3 aromatic carbocycles. The van der Waals surface area contributed by atoms with Crippen LogP contribution in [0.15, 0.2) is 78.0 Å². The number of anilines is 1. The maximum absolute atomic E-state index is 13.0. The van der Waals surface area contributed by atoms with Gasteiger partial charge in [0.15, 0.2) is 0 Å². The van der Waals surface area contributed by atoms with E-state index in [1.54, 1.807) is 45.4 Å². The molecule has 10 heteroatoms. The first kappa shape index (κ1) is 26.6. The molecule has 0 radical (unpaired) electrons.